The van der Waals surface area contributed by atoms with Crippen molar-refractivity contribution in [2.24, 2.45) is 0 Å². The Hall–Kier alpha value is -2.78. The maximum Gasteiger partial charge on any atom is 0.263 e. The molecule has 0 radical (unpaired) electrons. The van der Waals surface area contributed by atoms with Crippen molar-refractivity contribution in [3.63, 3.8) is 0 Å². The van der Waals surface area contributed by atoms with Gasteiger partial charge < -0.3 is 15.4 Å². The van der Waals surface area contributed by atoms with Crippen molar-refractivity contribution in [1.82, 2.24) is 10.3 Å². The van der Waals surface area contributed by atoms with Gasteiger partial charge in [-0.3, -0.25) is 4.79 Å². The van der Waals surface area contributed by atoms with Crippen molar-refractivity contribution in [2.75, 3.05) is 18.4 Å². The molecule has 1 aromatic carbocycles. The van der Waals surface area contributed by atoms with Gasteiger partial charge in [0.15, 0.2) is 5.60 Å². The first kappa shape index (κ1) is 18.6. The molecular formula is C18H19ClN4O2. The Morgan fingerprint density at radius 1 is 1.28 bits per heavy atom. The zero-order chi connectivity index (χ0) is 18.3. The molecule has 0 saturated carbocycles. The minimum Gasteiger partial charge on any atom is -0.478 e. The van der Waals surface area contributed by atoms with Crippen LogP contribution >= 0.6 is 11.6 Å². The van der Waals surface area contributed by atoms with Crippen molar-refractivity contribution in [3.8, 4) is 11.8 Å². The highest BCUT2D eigenvalue weighted by molar-refractivity contribution is 6.30. The zero-order valence-electron chi connectivity index (χ0n) is 14.0. The summed E-state index contributed by atoms with van der Waals surface area (Å²) in [5.74, 6) is 0.816. The van der Waals surface area contributed by atoms with Crippen molar-refractivity contribution in [1.29, 1.82) is 5.26 Å². The van der Waals surface area contributed by atoms with Crippen LogP contribution in [0.25, 0.3) is 0 Å². The van der Waals surface area contributed by atoms with Gasteiger partial charge in [-0.2, -0.15) is 5.26 Å². The molecule has 1 aromatic heterocycles. The predicted molar refractivity (Wildman–Crippen MR) is 96.6 cm³/mol. The van der Waals surface area contributed by atoms with E-state index in [1.807, 2.05) is 0 Å². The van der Waals surface area contributed by atoms with Crippen LogP contribution in [0.1, 0.15) is 19.4 Å². The molecule has 2 aromatic rings. The van der Waals surface area contributed by atoms with E-state index in [1.165, 1.54) is 0 Å². The highest BCUT2D eigenvalue weighted by Crippen LogP contribution is 2.21. The molecule has 25 heavy (non-hydrogen) atoms. The fraction of sp³-hybridized carbons (Fsp3) is 0.278. The Morgan fingerprint density at radius 2 is 2.00 bits per heavy atom. The molecule has 0 atom stereocenters. The molecule has 2 rings (SSSR count). The number of carbonyl (C=O) groups is 1. The summed E-state index contributed by atoms with van der Waals surface area (Å²) < 4.78 is 5.72. The average molecular weight is 359 g/mol. The number of benzene rings is 1. The monoisotopic (exact) mass is 358 g/mol. The van der Waals surface area contributed by atoms with Gasteiger partial charge in [0.25, 0.3) is 5.91 Å². The van der Waals surface area contributed by atoms with Crippen LogP contribution in [-0.2, 0) is 4.79 Å². The Labute approximate surface area is 151 Å². The van der Waals surface area contributed by atoms with Crippen LogP contribution in [0.15, 0.2) is 42.6 Å². The first-order valence-electron chi connectivity index (χ1n) is 7.74. The number of carbonyl (C=O) groups excluding carboxylic acids is 1. The van der Waals surface area contributed by atoms with E-state index in [1.54, 1.807) is 56.4 Å². The second-order valence-corrected chi connectivity index (χ2v) is 6.20. The molecule has 1 amide bonds. The van der Waals surface area contributed by atoms with Gasteiger partial charge >= 0.3 is 0 Å². The highest BCUT2D eigenvalue weighted by Gasteiger charge is 2.29. The Morgan fingerprint density at radius 3 is 2.68 bits per heavy atom. The van der Waals surface area contributed by atoms with Crippen molar-refractivity contribution in [3.05, 3.63) is 53.2 Å². The predicted octanol–water partition coefficient (Wildman–Crippen LogP) is 2.99. The Kier molecular flexibility index (Phi) is 6.20. The van der Waals surface area contributed by atoms with Gasteiger partial charge in [0, 0.05) is 24.3 Å². The fourth-order valence-electron chi connectivity index (χ4n) is 2.05. The number of amides is 1. The fourth-order valence-corrected chi connectivity index (χ4v) is 2.18. The number of aromatic nitrogens is 1. The summed E-state index contributed by atoms with van der Waals surface area (Å²) in [6, 6.07) is 12.3. The Bertz CT molecular complexity index is 769. The molecule has 2 N–H and O–H groups in total. The molecule has 0 spiro atoms. The number of nitriles is 1. The highest BCUT2D eigenvalue weighted by atomic mass is 35.5. The first-order valence-corrected chi connectivity index (χ1v) is 8.12. The van der Waals surface area contributed by atoms with E-state index in [4.69, 9.17) is 21.6 Å². The zero-order valence-corrected chi connectivity index (χ0v) is 14.8. The van der Waals surface area contributed by atoms with Gasteiger partial charge in [0.05, 0.1) is 5.56 Å². The van der Waals surface area contributed by atoms with Crippen molar-refractivity contribution in [2.45, 2.75) is 19.4 Å². The topological polar surface area (TPSA) is 87.0 Å². The third kappa shape index (κ3) is 5.37. The smallest absolute Gasteiger partial charge is 0.263 e. The van der Waals surface area contributed by atoms with Crippen LogP contribution in [-0.4, -0.2) is 29.6 Å². The number of hydrogen-bond acceptors (Lipinski definition) is 5. The second kappa shape index (κ2) is 8.36. The van der Waals surface area contributed by atoms with Gasteiger partial charge in [0.2, 0.25) is 0 Å². The molecule has 6 nitrogen and oxygen atoms in total. The van der Waals surface area contributed by atoms with Crippen molar-refractivity contribution >= 4 is 23.3 Å². The lowest BCUT2D eigenvalue weighted by atomic mass is 10.1. The maximum atomic E-state index is 12.3. The molecule has 0 saturated heterocycles. The summed E-state index contributed by atoms with van der Waals surface area (Å²) in [6.07, 6.45) is 1.60. The number of ether oxygens (including phenoxy) is 1. The molecule has 1 heterocycles. The lowest BCUT2D eigenvalue weighted by molar-refractivity contribution is -0.134. The lowest BCUT2D eigenvalue weighted by Crippen LogP contribution is -2.47. The maximum absolute atomic E-state index is 12.3. The molecule has 0 fully saturated rings. The third-order valence-electron chi connectivity index (χ3n) is 3.36. The lowest BCUT2D eigenvalue weighted by Gasteiger charge is -2.25. The van der Waals surface area contributed by atoms with Crippen LogP contribution in [0.5, 0.6) is 5.75 Å². The number of hydrogen-bond donors (Lipinski definition) is 2. The summed E-state index contributed by atoms with van der Waals surface area (Å²) >= 11 is 5.84. The molecule has 0 aliphatic heterocycles. The van der Waals surface area contributed by atoms with Gasteiger partial charge in [-0.25, -0.2) is 4.98 Å². The van der Waals surface area contributed by atoms with E-state index in [0.717, 1.165) is 0 Å². The van der Waals surface area contributed by atoms with Crippen LogP contribution in [0, 0.1) is 11.3 Å². The molecule has 0 bridgehead atoms. The second-order valence-electron chi connectivity index (χ2n) is 5.76. The summed E-state index contributed by atoms with van der Waals surface area (Å²) in [5.41, 5.74) is -0.573. The molecule has 7 heteroatoms. The van der Waals surface area contributed by atoms with Gasteiger partial charge in [-0.05, 0) is 50.2 Å². The number of nitrogens with zero attached hydrogens (tertiary/aromatic N) is 2. The Balaban J connectivity index is 1.82. The summed E-state index contributed by atoms with van der Waals surface area (Å²) in [4.78, 5) is 16.4. The van der Waals surface area contributed by atoms with Gasteiger partial charge in [-0.1, -0.05) is 11.6 Å². The normalized spacial score (nSPS) is 10.6. The summed E-state index contributed by atoms with van der Waals surface area (Å²) in [5, 5.41) is 15.4. The largest absolute Gasteiger partial charge is 0.478 e. The standard InChI is InChI=1S/C18H19ClN4O2/c1-18(2,25-15-7-5-14(19)6-8-15)17(24)23-11-10-22-16-13(12-20)4-3-9-21-16/h3-9H,10-11H2,1-2H3,(H,21,22)(H,23,24). The molecule has 0 unspecified atom stereocenters. The van der Waals surface area contributed by atoms with Crippen LogP contribution in [0.4, 0.5) is 5.82 Å². The number of pyridine rings is 1. The quantitative estimate of drug-likeness (QED) is 0.743. The van der Waals surface area contributed by atoms with E-state index >= 15 is 0 Å². The van der Waals surface area contributed by atoms with E-state index < -0.39 is 5.60 Å². The molecule has 0 aliphatic rings. The summed E-state index contributed by atoms with van der Waals surface area (Å²) in [7, 11) is 0. The van der Waals surface area contributed by atoms with Gasteiger partial charge in [0.1, 0.15) is 17.6 Å². The van der Waals surface area contributed by atoms with E-state index in [-0.39, 0.29) is 5.91 Å². The minimum absolute atomic E-state index is 0.245. The number of rotatable bonds is 7. The number of anilines is 1. The van der Waals surface area contributed by atoms with E-state index in [9.17, 15) is 4.79 Å². The minimum atomic E-state index is -1.03. The van der Waals surface area contributed by atoms with Crippen LogP contribution < -0.4 is 15.4 Å². The first-order chi connectivity index (χ1) is 11.9. The van der Waals surface area contributed by atoms with E-state index in [0.29, 0.717) is 35.2 Å². The summed E-state index contributed by atoms with van der Waals surface area (Å²) in [6.45, 7) is 4.19. The third-order valence-corrected chi connectivity index (χ3v) is 3.62. The van der Waals surface area contributed by atoms with Crippen molar-refractivity contribution < 1.29 is 9.53 Å². The van der Waals surface area contributed by atoms with Crippen LogP contribution in [0.2, 0.25) is 5.02 Å². The van der Waals surface area contributed by atoms with Crippen LogP contribution in [0.3, 0.4) is 0 Å². The molecular weight excluding hydrogens is 340 g/mol. The SMILES string of the molecule is CC(C)(Oc1ccc(Cl)cc1)C(=O)NCCNc1ncccc1C#N. The number of halogens is 1. The van der Waals surface area contributed by atoms with Gasteiger partial charge in [-0.15, -0.1) is 0 Å². The average Bonchev–Trinajstić information content (AvgIpc) is 2.60. The van der Waals surface area contributed by atoms with E-state index in [2.05, 4.69) is 21.7 Å². The molecule has 0 aliphatic carbocycles. The number of nitrogens with one attached hydrogen (secondary N) is 2. The molecule has 130 valence electrons.